The van der Waals surface area contributed by atoms with E-state index in [1.54, 1.807) is 11.8 Å². The number of ether oxygens (including phenoxy) is 1. The minimum Gasteiger partial charge on any atom is -0.476 e. The molecule has 0 spiro atoms. The first-order valence-electron chi connectivity index (χ1n) is 6.01. The van der Waals surface area contributed by atoms with Gasteiger partial charge < -0.3 is 9.84 Å². The normalized spacial score (nSPS) is 10.7. The van der Waals surface area contributed by atoms with E-state index in [9.17, 15) is 4.79 Å². The highest BCUT2D eigenvalue weighted by Gasteiger charge is 2.18. The summed E-state index contributed by atoms with van der Waals surface area (Å²) in [4.78, 5) is 11.1. The first-order valence-corrected chi connectivity index (χ1v) is 7.08. The number of nitrogens with zero attached hydrogens (tertiary/aromatic N) is 3. The lowest BCUT2D eigenvalue weighted by Gasteiger charge is -2.07. The number of benzene rings is 1. The Morgan fingerprint density at radius 2 is 2.10 bits per heavy atom. The molecule has 1 heterocycles. The molecule has 2 rings (SSSR count). The van der Waals surface area contributed by atoms with Crippen molar-refractivity contribution < 1.29 is 14.6 Å². The lowest BCUT2D eigenvalue weighted by Crippen LogP contribution is -2.11. The number of carbonyl (C=O) groups is 1. The Labute approximate surface area is 129 Å². The van der Waals surface area contributed by atoms with Gasteiger partial charge in [0.25, 0.3) is 0 Å². The predicted octanol–water partition coefficient (Wildman–Crippen LogP) is 1.82. The van der Waals surface area contributed by atoms with Gasteiger partial charge in [0, 0.05) is 17.1 Å². The fourth-order valence-electron chi connectivity index (χ4n) is 1.83. The Bertz CT molecular complexity index is 595. The van der Waals surface area contributed by atoms with Gasteiger partial charge in [-0.2, -0.15) is 0 Å². The molecule has 1 N–H and O–H groups in total. The SMILES string of the molecule is COCCc1c(C(=O)O)nnn1Cc1ccc(I)cc1. The van der Waals surface area contributed by atoms with Crippen molar-refractivity contribution in [3.63, 3.8) is 0 Å². The van der Waals surface area contributed by atoms with Crippen LogP contribution < -0.4 is 0 Å². The number of hydrogen-bond acceptors (Lipinski definition) is 4. The van der Waals surface area contributed by atoms with E-state index in [0.29, 0.717) is 25.3 Å². The van der Waals surface area contributed by atoms with E-state index in [-0.39, 0.29) is 5.69 Å². The second-order valence-corrected chi connectivity index (χ2v) is 5.46. The number of carboxylic acid groups (broad SMARTS) is 1. The van der Waals surface area contributed by atoms with Gasteiger partial charge in [-0.15, -0.1) is 5.10 Å². The van der Waals surface area contributed by atoms with E-state index in [1.165, 1.54) is 0 Å². The Morgan fingerprint density at radius 3 is 2.70 bits per heavy atom. The molecular weight excluding hydrogens is 373 g/mol. The van der Waals surface area contributed by atoms with Crippen LogP contribution in [0, 0.1) is 3.57 Å². The van der Waals surface area contributed by atoms with Gasteiger partial charge in [0.2, 0.25) is 0 Å². The molecule has 1 aromatic carbocycles. The highest BCUT2D eigenvalue weighted by atomic mass is 127. The fourth-order valence-corrected chi connectivity index (χ4v) is 2.19. The summed E-state index contributed by atoms with van der Waals surface area (Å²) < 4.78 is 7.77. The van der Waals surface area contributed by atoms with E-state index in [4.69, 9.17) is 9.84 Å². The Morgan fingerprint density at radius 1 is 1.40 bits per heavy atom. The van der Waals surface area contributed by atoms with Crippen molar-refractivity contribution in [1.29, 1.82) is 0 Å². The molecule has 0 amide bonds. The minimum atomic E-state index is -1.06. The van der Waals surface area contributed by atoms with Crippen molar-refractivity contribution in [2.24, 2.45) is 0 Å². The van der Waals surface area contributed by atoms with Crippen LogP contribution >= 0.6 is 22.6 Å². The third-order valence-corrected chi connectivity index (χ3v) is 3.55. The van der Waals surface area contributed by atoms with Gasteiger partial charge in [-0.1, -0.05) is 17.3 Å². The van der Waals surface area contributed by atoms with Crippen molar-refractivity contribution >= 4 is 28.6 Å². The van der Waals surface area contributed by atoms with Gasteiger partial charge in [-0.25, -0.2) is 9.48 Å². The summed E-state index contributed by atoms with van der Waals surface area (Å²) in [6, 6.07) is 7.98. The monoisotopic (exact) mass is 387 g/mol. The first kappa shape index (κ1) is 14.9. The van der Waals surface area contributed by atoms with Crippen LogP contribution in [-0.4, -0.2) is 39.8 Å². The van der Waals surface area contributed by atoms with Crippen LogP contribution in [0.25, 0.3) is 0 Å². The summed E-state index contributed by atoms with van der Waals surface area (Å²) in [5.74, 6) is -1.06. The molecule has 1 aromatic heterocycles. The minimum absolute atomic E-state index is 0.00689. The number of hydrogen-bond donors (Lipinski definition) is 1. The molecule has 2 aromatic rings. The molecule has 0 aliphatic rings. The molecule has 0 radical (unpaired) electrons. The maximum atomic E-state index is 11.1. The molecule has 0 unspecified atom stereocenters. The second-order valence-electron chi connectivity index (χ2n) is 4.22. The number of halogens is 1. The summed E-state index contributed by atoms with van der Waals surface area (Å²) in [5.41, 5.74) is 1.62. The molecule has 6 nitrogen and oxygen atoms in total. The summed E-state index contributed by atoms with van der Waals surface area (Å²) in [6.45, 7) is 0.927. The van der Waals surface area contributed by atoms with Crippen LogP contribution in [0.5, 0.6) is 0 Å². The predicted molar refractivity (Wildman–Crippen MR) is 80.8 cm³/mol. The van der Waals surface area contributed by atoms with Crippen LogP contribution in [0.3, 0.4) is 0 Å². The molecule has 7 heteroatoms. The zero-order chi connectivity index (χ0) is 14.5. The first-order chi connectivity index (χ1) is 9.61. The Kier molecular flexibility index (Phi) is 5.07. The third-order valence-electron chi connectivity index (χ3n) is 2.83. The van der Waals surface area contributed by atoms with Crippen LogP contribution in [-0.2, 0) is 17.7 Å². The molecule has 0 aliphatic carbocycles. The Balaban J connectivity index is 2.26. The molecule has 20 heavy (non-hydrogen) atoms. The van der Waals surface area contributed by atoms with Crippen molar-refractivity contribution in [1.82, 2.24) is 15.0 Å². The van der Waals surface area contributed by atoms with E-state index in [2.05, 4.69) is 32.9 Å². The second kappa shape index (κ2) is 6.80. The van der Waals surface area contributed by atoms with Crippen molar-refractivity contribution in [2.45, 2.75) is 13.0 Å². The van der Waals surface area contributed by atoms with Gasteiger partial charge in [0.1, 0.15) is 0 Å². The van der Waals surface area contributed by atoms with Crippen molar-refractivity contribution in [2.75, 3.05) is 13.7 Å². The molecular formula is C13H14IN3O3. The topological polar surface area (TPSA) is 77.2 Å². The van der Waals surface area contributed by atoms with Crippen LogP contribution in [0.1, 0.15) is 21.7 Å². The van der Waals surface area contributed by atoms with E-state index in [1.807, 2.05) is 24.3 Å². The molecule has 0 bridgehead atoms. The maximum absolute atomic E-state index is 11.1. The van der Waals surface area contributed by atoms with Crippen molar-refractivity contribution in [3.8, 4) is 0 Å². The largest absolute Gasteiger partial charge is 0.476 e. The number of aromatic carboxylic acids is 1. The number of aromatic nitrogens is 3. The van der Waals surface area contributed by atoms with Gasteiger partial charge in [-0.3, -0.25) is 0 Å². The van der Waals surface area contributed by atoms with Gasteiger partial charge in [-0.05, 0) is 40.3 Å². The highest BCUT2D eigenvalue weighted by Crippen LogP contribution is 2.12. The lowest BCUT2D eigenvalue weighted by molar-refractivity contribution is 0.0688. The lowest BCUT2D eigenvalue weighted by atomic mass is 10.2. The average Bonchev–Trinajstić information content (AvgIpc) is 2.82. The molecule has 0 atom stereocenters. The van der Waals surface area contributed by atoms with E-state index >= 15 is 0 Å². The number of carboxylic acids is 1. The summed E-state index contributed by atoms with van der Waals surface area (Å²) >= 11 is 2.24. The summed E-state index contributed by atoms with van der Waals surface area (Å²) in [6.07, 6.45) is 0.468. The van der Waals surface area contributed by atoms with Crippen LogP contribution in [0.2, 0.25) is 0 Å². The van der Waals surface area contributed by atoms with Crippen LogP contribution in [0.15, 0.2) is 24.3 Å². The smallest absolute Gasteiger partial charge is 0.358 e. The molecule has 0 aliphatic heterocycles. The molecule has 0 saturated carbocycles. The quantitative estimate of drug-likeness (QED) is 0.766. The standard InChI is InChI=1S/C13H14IN3O3/c1-20-7-6-11-12(13(18)19)15-16-17(11)8-9-2-4-10(14)5-3-9/h2-5H,6-8H2,1H3,(H,18,19). The van der Waals surface area contributed by atoms with E-state index in [0.717, 1.165) is 9.13 Å². The van der Waals surface area contributed by atoms with E-state index < -0.39 is 5.97 Å². The highest BCUT2D eigenvalue weighted by molar-refractivity contribution is 14.1. The van der Waals surface area contributed by atoms with Gasteiger partial charge >= 0.3 is 5.97 Å². The fraction of sp³-hybridized carbons (Fsp3) is 0.308. The molecule has 106 valence electrons. The van der Waals surface area contributed by atoms with Gasteiger partial charge in [0.05, 0.1) is 18.8 Å². The maximum Gasteiger partial charge on any atom is 0.358 e. The van der Waals surface area contributed by atoms with Crippen molar-refractivity contribution in [3.05, 3.63) is 44.8 Å². The zero-order valence-corrected chi connectivity index (χ0v) is 13.1. The Hall–Kier alpha value is -1.48. The number of methoxy groups -OCH3 is 1. The molecule has 0 saturated heterocycles. The van der Waals surface area contributed by atoms with Crippen LogP contribution in [0.4, 0.5) is 0 Å². The number of rotatable bonds is 6. The van der Waals surface area contributed by atoms with Gasteiger partial charge in [0.15, 0.2) is 5.69 Å². The summed E-state index contributed by atoms with van der Waals surface area (Å²) in [5, 5.41) is 16.8. The third kappa shape index (κ3) is 3.54. The molecule has 0 fully saturated rings. The summed E-state index contributed by atoms with van der Waals surface area (Å²) in [7, 11) is 1.58. The zero-order valence-electron chi connectivity index (χ0n) is 10.9. The average molecular weight is 387 g/mol.